The maximum atomic E-state index is 13.0. The Hall–Kier alpha value is -2.94. The van der Waals surface area contributed by atoms with Gasteiger partial charge in [-0.05, 0) is 56.5 Å². The molecular formula is C25H27Cl2N3O5. The molecule has 0 atom stereocenters. The van der Waals surface area contributed by atoms with Crippen LogP contribution in [0, 0.1) is 12.8 Å². The number of carbonyl (C=O) groups excluding carboxylic acids is 2. The van der Waals surface area contributed by atoms with Crippen molar-refractivity contribution < 1.29 is 23.8 Å². The first kappa shape index (κ1) is 25.2. The molecule has 2 heterocycles. The second-order valence-corrected chi connectivity index (χ2v) is 9.59. The Kier molecular flexibility index (Phi) is 7.44. The number of furan rings is 1. The van der Waals surface area contributed by atoms with Gasteiger partial charge in [-0.25, -0.2) is 0 Å². The molecule has 1 saturated heterocycles. The Morgan fingerprint density at radius 3 is 2.57 bits per heavy atom. The molecule has 4 rings (SSSR count). The maximum absolute atomic E-state index is 13.0. The Morgan fingerprint density at radius 2 is 1.94 bits per heavy atom. The van der Waals surface area contributed by atoms with Crippen LogP contribution < -0.4 is 15.8 Å². The minimum Gasteiger partial charge on any atom is -0.507 e. The summed E-state index contributed by atoms with van der Waals surface area (Å²) < 4.78 is 11.1. The molecule has 0 bridgehead atoms. The number of aromatic hydroxyl groups is 1. The van der Waals surface area contributed by atoms with Crippen LogP contribution in [0.1, 0.15) is 44.9 Å². The lowest BCUT2D eigenvalue weighted by Crippen LogP contribution is -2.38. The number of nitrogens with one attached hydrogen (secondary N) is 1. The smallest absolute Gasteiger partial charge is 0.287 e. The van der Waals surface area contributed by atoms with Gasteiger partial charge in [0.25, 0.3) is 11.8 Å². The summed E-state index contributed by atoms with van der Waals surface area (Å²) in [5.74, 6) is -0.943. The second-order valence-electron chi connectivity index (χ2n) is 8.78. The van der Waals surface area contributed by atoms with E-state index in [2.05, 4.69) is 10.2 Å². The molecule has 1 aliphatic heterocycles. The number of piperidine rings is 1. The fraction of sp³-hybridized carbons (Fsp3) is 0.360. The number of amides is 2. The van der Waals surface area contributed by atoms with Crippen LogP contribution >= 0.6 is 23.2 Å². The number of nitrogens with zero attached hydrogens (tertiary/aromatic N) is 1. The number of methoxy groups -OCH3 is 1. The van der Waals surface area contributed by atoms with Gasteiger partial charge in [0.1, 0.15) is 17.1 Å². The summed E-state index contributed by atoms with van der Waals surface area (Å²) in [6.45, 7) is 4.81. The van der Waals surface area contributed by atoms with Gasteiger partial charge in [-0.15, -0.1) is 0 Å². The highest BCUT2D eigenvalue weighted by atomic mass is 35.5. The first-order valence-corrected chi connectivity index (χ1v) is 12.0. The van der Waals surface area contributed by atoms with Gasteiger partial charge in [0, 0.05) is 24.7 Å². The number of ether oxygens (including phenoxy) is 1. The van der Waals surface area contributed by atoms with Crippen LogP contribution in [0.25, 0.3) is 11.0 Å². The third-order valence-electron chi connectivity index (χ3n) is 6.47. The zero-order chi connectivity index (χ0) is 25.3. The molecular weight excluding hydrogens is 493 g/mol. The van der Waals surface area contributed by atoms with Gasteiger partial charge in [-0.3, -0.25) is 14.5 Å². The van der Waals surface area contributed by atoms with E-state index in [-0.39, 0.29) is 28.4 Å². The quantitative estimate of drug-likeness (QED) is 0.422. The molecule has 1 aliphatic rings. The topological polar surface area (TPSA) is 118 Å². The number of aryl methyl sites for hydroxylation is 1. The third-order valence-corrected chi connectivity index (χ3v) is 7.20. The highest BCUT2D eigenvalue weighted by molar-refractivity contribution is 6.42. The monoisotopic (exact) mass is 519 g/mol. The van der Waals surface area contributed by atoms with Crippen LogP contribution in [-0.4, -0.2) is 48.6 Å². The number of likely N-dealkylation sites (tertiary alicyclic amines) is 1. The van der Waals surface area contributed by atoms with E-state index < -0.39 is 11.8 Å². The molecule has 35 heavy (non-hydrogen) atoms. The van der Waals surface area contributed by atoms with Crippen LogP contribution in [0.4, 0.5) is 0 Å². The Bertz CT molecular complexity index is 1280. The first-order valence-electron chi connectivity index (χ1n) is 11.3. The van der Waals surface area contributed by atoms with E-state index in [1.54, 1.807) is 6.92 Å². The number of fused-ring (bicyclic) bond motifs is 1. The minimum atomic E-state index is -0.858. The van der Waals surface area contributed by atoms with Gasteiger partial charge < -0.3 is 25.3 Å². The molecule has 3 aromatic rings. The van der Waals surface area contributed by atoms with Crippen LogP contribution in [0.5, 0.6) is 11.5 Å². The zero-order valence-electron chi connectivity index (χ0n) is 19.5. The van der Waals surface area contributed by atoms with E-state index in [0.29, 0.717) is 33.5 Å². The lowest BCUT2D eigenvalue weighted by molar-refractivity contribution is 0.0906. The first-order chi connectivity index (χ1) is 16.7. The molecule has 2 amide bonds. The van der Waals surface area contributed by atoms with E-state index in [1.807, 2.05) is 18.2 Å². The average molecular weight is 520 g/mol. The molecule has 0 spiro atoms. The van der Waals surface area contributed by atoms with Gasteiger partial charge in [0.05, 0.1) is 22.5 Å². The Balaban J connectivity index is 1.40. The third kappa shape index (κ3) is 5.19. The van der Waals surface area contributed by atoms with Crippen molar-refractivity contribution >= 4 is 46.0 Å². The van der Waals surface area contributed by atoms with Crippen molar-refractivity contribution in [2.75, 3.05) is 26.7 Å². The van der Waals surface area contributed by atoms with Crippen molar-refractivity contribution in [3.8, 4) is 11.5 Å². The fourth-order valence-electron chi connectivity index (χ4n) is 4.55. The van der Waals surface area contributed by atoms with E-state index in [9.17, 15) is 14.7 Å². The SMILES string of the molecule is COc1cc(O)c(C(N)=O)c2oc(C(=O)NCC3CCN(Cc4ccc(Cl)c(Cl)c4)CC3)c(C)c12. The lowest BCUT2D eigenvalue weighted by atomic mass is 9.96. The van der Waals surface area contributed by atoms with Crippen molar-refractivity contribution in [1.29, 1.82) is 0 Å². The Labute approximate surface area is 212 Å². The van der Waals surface area contributed by atoms with Crippen molar-refractivity contribution in [3.05, 3.63) is 56.8 Å². The standard InChI is InChI=1S/C25H27Cl2N3O5/c1-13-20-19(34-2)10-18(31)21(24(28)32)23(20)35-22(13)25(33)29-11-14-5-7-30(8-6-14)12-15-3-4-16(26)17(27)9-15/h3-4,9-10,14,31H,5-8,11-12H2,1-2H3,(H2,28,32)(H,29,33). The van der Waals surface area contributed by atoms with Crippen LogP contribution in [-0.2, 0) is 6.54 Å². The molecule has 1 fully saturated rings. The summed E-state index contributed by atoms with van der Waals surface area (Å²) in [4.78, 5) is 27.2. The molecule has 1 aromatic heterocycles. The number of nitrogens with two attached hydrogens (primary N) is 1. The second kappa shape index (κ2) is 10.4. The van der Waals surface area contributed by atoms with Crippen molar-refractivity contribution in [3.63, 3.8) is 0 Å². The van der Waals surface area contributed by atoms with Crippen LogP contribution in [0.15, 0.2) is 28.7 Å². The van der Waals surface area contributed by atoms with Gasteiger partial charge in [0.15, 0.2) is 11.3 Å². The molecule has 0 radical (unpaired) electrons. The molecule has 8 nitrogen and oxygen atoms in total. The summed E-state index contributed by atoms with van der Waals surface area (Å²) in [6, 6.07) is 6.97. The maximum Gasteiger partial charge on any atom is 0.287 e. The molecule has 0 aliphatic carbocycles. The molecule has 2 aromatic carbocycles. The summed E-state index contributed by atoms with van der Waals surface area (Å²) in [5.41, 5.74) is 6.89. The van der Waals surface area contributed by atoms with Gasteiger partial charge in [-0.1, -0.05) is 29.3 Å². The number of halogens is 2. The number of rotatable bonds is 7. The number of phenols is 1. The molecule has 0 unspecified atom stereocenters. The fourth-order valence-corrected chi connectivity index (χ4v) is 4.87. The normalized spacial score (nSPS) is 14.9. The van der Waals surface area contributed by atoms with E-state index >= 15 is 0 Å². The molecule has 4 N–H and O–H groups in total. The minimum absolute atomic E-state index is 0.0348. The van der Waals surface area contributed by atoms with E-state index in [1.165, 1.54) is 13.2 Å². The molecule has 186 valence electrons. The largest absolute Gasteiger partial charge is 0.507 e. The number of carbonyl (C=O) groups is 2. The summed E-state index contributed by atoms with van der Waals surface area (Å²) in [5, 5.41) is 14.7. The van der Waals surface area contributed by atoms with E-state index in [0.717, 1.165) is 38.0 Å². The Morgan fingerprint density at radius 1 is 1.23 bits per heavy atom. The predicted molar refractivity (Wildman–Crippen MR) is 134 cm³/mol. The number of hydrogen-bond donors (Lipinski definition) is 3. The van der Waals surface area contributed by atoms with Crippen LogP contribution in [0.3, 0.4) is 0 Å². The molecule has 10 heteroatoms. The number of hydrogen-bond acceptors (Lipinski definition) is 6. The van der Waals surface area contributed by atoms with Crippen LogP contribution in [0.2, 0.25) is 10.0 Å². The number of benzene rings is 2. The van der Waals surface area contributed by atoms with E-state index in [4.69, 9.17) is 38.1 Å². The van der Waals surface area contributed by atoms with Crippen molar-refractivity contribution in [1.82, 2.24) is 10.2 Å². The molecule has 0 saturated carbocycles. The lowest BCUT2D eigenvalue weighted by Gasteiger charge is -2.32. The highest BCUT2D eigenvalue weighted by Crippen LogP contribution is 2.40. The van der Waals surface area contributed by atoms with Crippen molar-refractivity contribution in [2.24, 2.45) is 11.7 Å². The van der Waals surface area contributed by atoms with Gasteiger partial charge in [0.2, 0.25) is 0 Å². The summed E-state index contributed by atoms with van der Waals surface area (Å²) >= 11 is 12.1. The summed E-state index contributed by atoms with van der Waals surface area (Å²) in [6.07, 6.45) is 1.88. The number of primary amides is 1. The average Bonchev–Trinajstić information content (AvgIpc) is 3.16. The van der Waals surface area contributed by atoms with Crippen molar-refractivity contribution in [2.45, 2.75) is 26.3 Å². The highest BCUT2D eigenvalue weighted by Gasteiger charge is 2.27. The zero-order valence-corrected chi connectivity index (χ0v) is 21.0. The summed E-state index contributed by atoms with van der Waals surface area (Å²) in [7, 11) is 1.43. The van der Waals surface area contributed by atoms with Gasteiger partial charge >= 0.3 is 0 Å². The predicted octanol–water partition coefficient (Wildman–Crippen LogP) is 4.50. The van der Waals surface area contributed by atoms with Gasteiger partial charge in [-0.2, -0.15) is 0 Å².